The van der Waals surface area contributed by atoms with Gasteiger partial charge >= 0.3 is 0 Å². The van der Waals surface area contributed by atoms with Crippen LogP contribution < -0.4 is 4.90 Å². The number of benzene rings is 1. The van der Waals surface area contributed by atoms with E-state index in [0.29, 0.717) is 25.9 Å². The molecule has 0 saturated carbocycles. The first kappa shape index (κ1) is 12.5. The van der Waals surface area contributed by atoms with E-state index in [1.165, 1.54) is 12.1 Å². The predicted molar refractivity (Wildman–Crippen MR) is 66.2 cm³/mol. The third-order valence-electron chi connectivity index (χ3n) is 3.29. The first-order valence-electron chi connectivity index (χ1n) is 5.86. The number of hydrogen-bond donors (Lipinski definition) is 0. The average molecular weight is 250 g/mol. The minimum atomic E-state index is -0.507. The lowest BCUT2D eigenvalue weighted by Crippen LogP contribution is -2.51. The minimum absolute atomic E-state index is 0.0679. The molecule has 1 heterocycles. The van der Waals surface area contributed by atoms with Crippen molar-refractivity contribution in [2.24, 2.45) is 0 Å². The molecule has 1 saturated heterocycles. The van der Waals surface area contributed by atoms with Crippen LogP contribution in [0.2, 0.25) is 0 Å². The van der Waals surface area contributed by atoms with Gasteiger partial charge in [0.05, 0.1) is 5.56 Å². The Hall–Kier alpha value is -1.91. The maximum atomic E-state index is 13.5. The number of nitrogens with zero attached hydrogens (tertiary/aromatic N) is 2. The number of hydrogen-bond acceptors (Lipinski definition) is 3. The number of carbonyl (C=O) groups excluding carboxylic acids is 2. The highest BCUT2D eigenvalue weighted by molar-refractivity contribution is 5.76. The van der Waals surface area contributed by atoms with Crippen LogP contribution in [0.15, 0.2) is 18.2 Å². The van der Waals surface area contributed by atoms with E-state index in [-0.39, 0.29) is 11.6 Å². The zero-order valence-corrected chi connectivity index (χ0v) is 10.2. The second kappa shape index (κ2) is 5.16. The van der Waals surface area contributed by atoms with Gasteiger partial charge in [-0.15, -0.1) is 0 Å². The molecular formula is C13H15FN2O2. The van der Waals surface area contributed by atoms with Crippen LogP contribution in [0.1, 0.15) is 17.3 Å². The summed E-state index contributed by atoms with van der Waals surface area (Å²) >= 11 is 0. The standard InChI is InChI=1S/C13H15FN2O2/c1-10-7-15(4-5-16(10)9-18)12-3-2-11(8-17)13(14)6-12/h2-3,6,8-10H,4-5,7H2,1H3. The van der Waals surface area contributed by atoms with Crippen molar-refractivity contribution in [3.63, 3.8) is 0 Å². The normalized spacial score (nSPS) is 19.8. The molecule has 0 N–H and O–H groups in total. The quantitative estimate of drug-likeness (QED) is 0.759. The van der Waals surface area contributed by atoms with Gasteiger partial charge < -0.3 is 9.80 Å². The molecular weight excluding hydrogens is 235 g/mol. The Morgan fingerprint density at radius 3 is 2.67 bits per heavy atom. The highest BCUT2D eigenvalue weighted by atomic mass is 19.1. The van der Waals surface area contributed by atoms with E-state index < -0.39 is 5.82 Å². The third-order valence-corrected chi connectivity index (χ3v) is 3.29. The fourth-order valence-electron chi connectivity index (χ4n) is 2.17. The predicted octanol–water partition coefficient (Wildman–Crippen LogP) is 1.31. The van der Waals surface area contributed by atoms with Gasteiger partial charge in [-0.1, -0.05) is 0 Å². The lowest BCUT2D eigenvalue weighted by molar-refractivity contribution is -0.120. The van der Waals surface area contributed by atoms with Crippen molar-refractivity contribution in [2.45, 2.75) is 13.0 Å². The second-order valence-corrected chi connectivity index (χ2v) is 4.46. The first-order chi connectivity index (χ1) is 8.65. The summed E-state index contributed by atoms with van der Waals surface area (Å²) in [5, 5.41) is 0. The van der Waals surface area contributed by atoms with Gasteiger partial charge in [-0.05, 0) is 25.1 Å². The maximum Gasteiger partial charge on any atom is 0.210 e. The van der Waals surface area contributed by atoms with E-state index in [4.69, 9.17) is 0 Å². The van der Waals surface area contributed by atoms with Crippen LogP contribution in [-0.2, 0) is 4.79 Å². The Balaban J connectivity index is 2.15. The molecule has 0 aliphatic carbocycles. The van der Waals surface area contributed by atoms with Crippen molar-refractivity contribution in [1.29, 1.82) is 0 Å². The Morgan fingerprint density at radius 1 is 1.33 bits per heavy atom. The molecule has 4 nitrogen and oxygen atoms in total. The molecule has 96 valence electrons. The summed E-state index contributed by atoms with van der Waals surface area (Å²) in [6.45, 7) is 3.92. The number of aldehydes is 1. The summed E-state index contributed by atoms with van der Waals surface area (Å²) in [5.74, 6) is -0.507. The van der Waals surface area contributed by atoms with Crippen molar-refractivity contribution in [3.05, 3.63) is 29.6 Å². The van der Waals surface area contributed by atoms with Crippen LogP contribution in [0.4, 0.5) is 10.1 Å². The summed E-state index contributed by atoms with van der Waals surface area (Å²) in [4.78, 5) is 25.1. The van der Waals surface area contributed by atoms with Crippen LogP contribution in [0, 0.1) is 5.82 Å². The Morgan fingerprint density at radius 2 is 2.11 bits per heavy atom. The average Bonchev–Trinajstić information content (AvgIpc) is 2.38. The SMILES string of the molecule is CC1CN(c2ccc(C=O)c(F)c2)CCN1C=O. The van der Waals surface area contributed by atoms with Gasteiger partial charge in [0.2, 0.25) is 6.41 Å². The molecule has 5 heteroatoms. The molecule has 1 unspecified atom stereocenters. The van der Waals surface area contributed by atoms with Crippen molar-refractivity contribution >= 4 is 18.4 Å². The monoisotopic (exact) mass is 250 g/mol. The summed E-state index contributed by atoms with van der Waals surface area (Å²) in [6, 6.07) is 4.68. The number of anilines is 1. The summed E-state index contributed by atoms with van der Waals surface area (Å²) in [5.41, 5.74) is 0.814. The molecule has 18 heavy (non-hydrogen) atoms. The molecule has 0 aromatic heterocycles. The summed E-state index contributed by atoms with van der Waals surface area (Å²) in [7, 11) is 0. The maximum absolute atomic E-state index is 13.5. The van der Waals surface area contributed by atoms with Gasteiger partial charge in [-0.3, -0.25) is 9.59 Å². The van der Waals surface area contributed by atoms with Crippen molar-refractivity contribution in [3.8, 4) is 0 Å². The van der Waals surface area contributed by atoms with Gasteiger partial charge in [-0.25, -0.2) is 4.39 Å². The number of rotatable bonds is 3. The Kier molecular flexibility index (Phi) is 3.60. The Labute approximate surface area is 105 Å². The highest BCUT2D eigenvalue weighted by Crippen LogP contribution is 2.21. The first-order valence-corrected chi connectivity index (χ1v) is 5.86. The zero-order chi connectivity index (χ0) is 13.1. The lowest BCUT2D eigenvalue weighted by Gasteiger charge is -2.39. The molecule has 1 aromatic carbocycles. The molecule has 0 radical (unpaired) electrons. The van der Waals surface area contributed by atoms with E-state index in [9.17, 15) is 14.0 Å². The van der Waals surface area contributed by atoms with E-state index in [1.54, 1.807) is 11.0 Å². The fraction of sp³-hybridized carbons (Fsp3) is 0.385. The van der Waals surface area contributed by atoms with Gasteiger partial charge in [0, 0.05) is 31.4 Å². The minimum Gasteiger partial charge on any atom is -0.368 e. The van der Waals surface area contributed by atoms with Crippen molar-refractivity contribution in [2.75, 3.05) is 24.5 Å². The van der Waals surface area contributed by atoms with Crippen LogP contribution in [0.5, 0.6) is 0 Å². The van der Waals surface area contributed by atoms with Crippen LogP contribution in [0.3, 0.4) is 0 Å². The molecule has 1 aliphatic heterocycles. The molecule has 1 aliphatic rings. The molecule has 1 aromatic rings. The molecule has 0 spiro atoms. The van der Waals surface area contributed by atoms with Gasteiger partial charge in [0.15, 0.2) is 6.29 Å². The van der Waals surface area contributed by atoms with Gasteiger partial charge in [-0.2, -0.15) is 0 Å². The third kappa shape index (κ3) is 2.34. The van der Waals surface area contributed by atoms with Gasteiger partial charge in [0.1, 0.15) is 5.82 Å². The van der Waals surface area contributed by atoms with Gasteiger partial charge in [0.25, 0.3) is 0 Å². The topological polar surface area (TPSA) is 40.6 Å². The number of carbonyl (C=O) groups is 2. The van der Waals surface area contributed by atoms with Crippen molar-refractivity contribution in [1.82, 2.24) is 4.90 Å². The molecule has 0 bridgehead atoms. The highest BCUT2D eigenvalue weighted by Gasteiger charge is 2.22. The summed E-state index contributed by atoms with van der Waals surface area (Å²) in [6.07, 6.45) is 1.35. The smallest absolute Gasteiger partial charge is 0.210 e. The molecule has 1 atom stereocenters. The molecule has 1 fully saturated rings. The van der Waals surface area contributed by atoms with Crippen LogP contribution in [-0.4, -0.2) is 43.3 Å². The Bertz CT molecular complexity index is 464. The van der Waals surface area contributed by atoms with Crippen LogP contribution >= 0.6 is 0 Å². The largest absolute Gasteiger partial charge is 0.368 e. The number of halogens is 1. The lowest BCUT2D eigenvalue weighted by atomic mass is 10.1. The fourth-order valence-corrected chi connectivity index (χ4v) is 2.17. The van der Waals surface area contributed by atoms with E-state index in [2.05, 4.69) is 0 Å². The van der Waals surface area contributed by atoms with Crippen LogP contribution in [0.25, 0.3) is 0 Å². The summed E-state index contributed by atoms with van der Waals surface area (Å²) < 4.78 is 13.5. The van der Waals surface area contributed by atoms with E-state index in [1.807, 2.05) is 11.8 Å². The molecule has 2 rings (SSSR count). The van der Waals surface area contributed by atoms with E-state index in [0.717, 1.165) is 12.1 Å². The second-order valence-electron chi connectivity index (χ2n) is 4.46. The number of piperazine rings is 1. The van der Waals surface area contributed by atoms with Crippen molar-refractivity contribution < 1.29 is 14.0 Å². The number of amides is 1. The van der Waals surface area contributed by atoms with E-state index >= 15 is 0 Å². The molecule has 1 amide bonds. The zero-order valence-electron chi connectivity index (χ0n) is 10.2.